The molecule has 1 aliphatic heterocycles. The van der Waals surface area contributed by atoms with Crippen LogP contribution in [0, 0.1) is 5.41 Å². The second-order valence-corrected chi connectivity index (χ2v) is 3.83. The lowest BCUT2D eigenvalue weighted by molar-refractivity contribution is -0.123. The fourth-order valence-corrected chi connectivity index (χ4v) is 2.35. The van der Waals surface area contributed by atoms with Gasteiger partial charge in [0, 0.05) is 5.41 Å². The quantitative estimate of drug-likeness (QED) is 0.583. The molecule has 0 amide bonds. The lowest BCUT2D eigenvalue weighted by Crippen LogP contribution is -2.36. The van der Waals surface area contributed by atoms with E-state index in [9.17, 15) is 10.2 Å². The van der Waals surface area contributed by atoms with Gasteiger partial charge in [0.25, 0.3) is 0 Å². The van der Waals surface area contributed by atoms with Gasteiger partial charge in [0.05, 0.1) is 6.10 Å². The van der Waals surface area contributed by atoms with Gasteiger partial charge in [-0.2, -0.15) is 0 Å². The first-order valence-electron chi connectivity index (χ1n) is 4.44. The van der Waals surface area contributed by atoms with Crippen LogP contribution < -0.4 is 0 Å². The minimum atomic E-state index is -1.10. The van der Waals surface area contributed by atoms with Gasteiger partial charge in [0.2, 0.25) is 0 Å². The van der Waals surface area contributed by atoms with Crippen molar-refractivity contribution in [1.82, 2.24) is 0 Å². The van der Waals surface area contributed by atoms with Gasteiger partial charge in [-0.15, -0.1) is 6.58 Å². The average Bonchev–Trinajstić information content (AvgIpc) is 2.56. The number of fused-ring (bicyclic) bond motifs is 1. The van der Waals surface area contributed by atoms with Crippen molar-refractivity contribution in [2.24, 2.45) is 5.41 Å². The van der Waals surface area contributed by atoms with Crippen LogP contribution in [0.15, 0.2) is 24.8 Å². The molecule has 2 fully saturated rings. The molecule has 0 spiro atoms. The first kappa shape index (κ1) is 8.94. The Morgan fingerprint density at radius 3 is 2.77 bits per heavy atom. The molecule has 2 N–H and O–H groups in total. The predicted octanol–water partition coefficient (Wildman–Crippen LogP) is 0.587. The standard InChI is InChI=1S/C10H14O3/c1-3-10-5-4-6(2)8(10)13-9(12)7(10)11/h3,7-9,11-12H,1-2,4-5H2/t7-,8+,9?,10?/m0/s1. The van der Waals surface area contributed by atoms with Crippen molar-refractivity contribution >= 4 is 0 Å². The Morgan fingerprint density at radius 2 is 2.23 bits per heavy atom. The maximum absolute atomic E-state index is 9.75. The zero-order valence-corrected chi connectivity index (χ0v) is 7.44. The van der Waals surface area contributed by atoms with Gasteiger partial charge in [-0.25, -0.2) is 0 Å². The first-order valence-corrected chi connectivity index (χ1v) is 4.44. The monoisotopic (exact) mass is 182 g/mol. The third-order valence-electron chi connectivity index (χ3n) is 3.21. The minimum absolute atomic E-state index is 0.255. The van der Waals surface area contributed by atoms with Crippen LogP contribution in [0.1, 0.15) is 12.8 Å². The Morgan fingerprint density at radius 1 is 1.54 bits per heavy atom. The molecule has 2 aliphatic rings. The number of rotatable bonds is 1. The first-order chi connectivity index (χ1) is 6.12. The number of aliphatic hydroxyl groups excluding tert-OH is 2. The van der Waals surface area contributed by atoms with Crippen LogP contribution in [0.4, 0.5) is 0 Å². The van der Waals surface area contributed by atoms with Crippen LogP contribution in [0.25, 0.3) is 0 Å². The van der Waals surface area contributed by atoms with Crippen molar-refractivity contribution < 1.29 is 14.9 Å². The van der Waals surface area contributed by atoms with E-state index in [1.54, 1.807) is 6.08 Å². The van der Waals surface area contributed by atoms with Gasteiger partial charge < -0.3 is 14.9 Å². The van der Waals surface area contributed by atoms with Crippen LogP contribution >= 0.6 is 0 Å². The molecule has 3 nitrogen and oxygen atoms in total. The molecule has 2 rings (SSSR count). The maximum atomic E-state index is 9.75. The Bertz CT molecular complexity index is 261. The van der Waals surface area contributed by atoms with Crippen LogP contribution in [-0.2, 0) is 4.74 Å². The second-order valence-electron chi connectivity index (χ2n) is 3.83. The highest BCUT2D eigenvalue weighted by atomic mass is 16.6. The lowest BCUT2D eigenvalue weighted by Gasteiger charge is -2.26. The third kappa shape index (κ3) is 0.950. The van der Waals surface area contributed by atoms with Crippen molar-refractivity contribution in [3.05, 3.63) is 24.8 Å². The van der Waals surface area contributed by atoms with Crippen LogP contribution in [0.3, 0.4) is 0 Å². The Hall–Kier alpha value is -0.640. The van der Waals surface area contributed by atoms with Gasteiger partial charge in [-0.1, -0.05) is 12.7 Å². The predicted molar refractivity (Wildman–Crippen MR) is 47.9 cm³/mol. The number of ether oxygens (including phenoxy) is 1. The largest absolute Gasteiger partial charge is 0.387 e. The number of aliphatic hydroxyl groups is 2. The third-order valence-corrected chi connectivity index (χ3v) is 3.21. The molecule has 3 heteroatoms. The van der Waals surface area contributed by atoms with E-state index in [2.05, 4.69) is 13.2 Å². The summed E-state index contributed by atoms with van der Waals surface area (Å²) in [4.78, 5) is 0. The molecule has 1 aliphatic carbocycles. The molecular formula is C10H14O3. The highest BCUT2D eigenvalue weighted by Crippen LogP contribution is 2.51. The molecule has 13 heavy (non-hydrogen) atoms. The van der Waals surface area contributed by atoms with Gasteiger partial charge in [0.15, 0.2) is 6.29 Å². The van der Waals surface area contributed by atoms with Crippen molar-refractivity contribution in [1.29, 1.82) is 0 Å². The van der Waals surface area contributed by atoms with Crippen molar-refractivity contribution in [3.63, 3.8) is 0 Å². The molecule has 72 valence electrons. The summed E-state index contributed by atoms with van der Waals surface area (Å²) in [6, 6.07) is 0. The van der Waals surface area contributed by atoms with E-state index in [1.165, 1.54) is 0 Å². The molecule has 0 bridgehead atoms. The smallest absolute Gasteiger partial charge is 0.182 e. The summed E-state index contributed by atoms with van der Waals surface area (Å²) in [5, 5.41) is 19.1. The summed E-state index contributed by atoms with van der Waals surface area (Å²) in [7, 11) is 0. The summed E-state index contributed by atoms with van der Waals surface area (Å²) in [5.41, 5.74) is 0.437. The topological polar surface area (TPSA) is 49.7 Å². The minimum Gasteiger partial charge on any atom is -0.387 e. The Kier molecular flexibility index (Phi) is 1.84. The molecule has 0 aromatic heterocycles. The van der Waals surface area contributed by atoms with Crippen LogP contribution in [0.2, 0.25) is 0 Å². The van der Waals surface area contributed by atoms with Crippen molar-refractivity contribution in [3.8, 4) is 0 Å². The van der Waals surface area contributed by atoms with E-state index in [1.807, 2.05) is 0 Å². The van der Waals surface area contributed by atoms with E-state index in [0.29, 0.717) is 0 Å². The van der Waals surface area contributed by atoms with E-state index in [4.69, 9.17) is 4.74 Å². The lowest BCUT2D eigenvalue weighted by atomic mass is 9.80. The Balaban J connectivity index is 2.38. The van der Waals surface area contributed by atoms with E-state index >= 15 is 0 Å². The zero-order valence-electron chi connectivity index (χ0n) is 7.44. The van der Waals surface area contributed by atoms with E-state index in [0.717, 1.165) is 18.4 Å². The maximum Gasteiger partial charge on any atom is 0.182 e. The zero-order chi connectivity index (χ0) is 9.64. The summed E-state index contributed by atoms with van der Waals surface area (Å²) < 4.78 is 5.24. The fraction of sp³-hybridized carbons (Fsp3) is 0.600. The van der Waals surface area contributed by atoms with Crippen LogP contribution in [-0.4, -0.2) is 28.7 Å². The molecule has 0 aromatic rings. The molecule has 0 aromatic carbocycles. The summed E-state index contributed by atoms with van der Waals surface area (Å²) in [5.74, 6) is 0. The van der Waals surface area contributed by atoms with Gasteiger partial charge >= 0.3 is 0 Å². The van der Waals surface area contributed by atoms with E-state index < -0.39 is 17.8 Å². The molecule has 0 radical (unpaired) electrons. The molecule has 1 saturated heterocycles. The summed E-state index contributed by atoms with van der Waals surface area (Å²) >= 11 is 0. The molecule has 4 atom stereocenters. The Labute approximate surface area is 77.3 Å². The summed E-state index contributed by atoms with van der Waals surface area (Å²) in [6.45, 7) is 7.57. The SMILES string of the molecule is C=CC12CCC(=C)[C@H]1OC(O)[C@@H]2O. The second kappa shape index (κ2) is 2.67. The normalized spacial score (nSPS) is 49.4. The molecular weight excluding hydrogens is 168 g/mol. The number of hydrogen-bond acceptors (Lipinski definition) is 3. The molecule has 1 heterocycles. The van der Waals surface area contributed by atoms with E-state index in [-0.39, 0.29) is 6.10 Å². The van der Waals surface area contributed by atoms with Crippen molar-refractivity contribution in [2.75, 3.05) is 0 Å². The van der Waals surface area contributed by atoms with Crippen molar-refractivity contribution in [2.45, 2.75) is 31.3 Å². The van der Waals surface area contributed by atoms with Gasteiger partial charge in [-0.3, -0.25) is 0 Å². The molecule has 2 unspecified atom stereocenters. The number of hydrogen-bond donors (Lipinski definition) is 2. The van der Waals surface area contributed by atoms with Gasteiger partial charge in [-0.05, 0) is 18.4 Å². The van der Waals surface area contributed by atoms with Crippen LogP contribution in [0.5, 0.6) is 0 Å². The highest BCUT2D eigenvalue weighted by molar-refractivity contribution is 5.26. The molecule has 1 saturated carbocycles. The highest BCUT2D eigenvalue weighted by Gasteiger charge is 2.57. The summed E-state index contributed by atoms with van der Waals surface area (Å²) in [6.07, 6.45) is 1.07. The average molecular weight is 182 g/mol. The van der Waals surface area contributed by atoms with Gasteiger partial charge in [0.1, 0.15) is 6.10 Å². The fourth-order valence-electron chi connectivity index (χ4n) is 2.35.